The molecule has 0 spiro atoms. The molecule has 2 aromatic carbocycles. The van der Waals surface area contributed by atoms with E-state index in [-0.39, 0.29) is 5.41 Å². The zero-order valence-corrected chi connectivity index (χ0v) is 14.7. The van der Waals surface area contributed by atoms with Gasteiger partial charge in [0.1, 0.15) is 0 Å². The Morgan fingerprint density at radius 1 is 0.917 bits per heavy atom. The fourth-order valence-corrected chi connectivity index (χ4v) is 1.94. The molecule has 0 radical (unpaired) electrons. The summed E-state index contributed by atoms with van der Waals surface area (Å²) in [6.45, 7) is 6.51. The Morgan fingerprint density at radius 2 is 1.46 bits per heavy atom. The maximum atomic E-state index is 9.06. The molecule has 0 bridgehead atoms. The lowest BCUT2D eigenvalue weighted by Gasteiger charge is -2.15. The summed E-state index contributed by atoms with van der Waals surface area (Å²) in [5.74, 6) is 0. The van der Waals surface area contributed by atoms with Crippen LogP contribution in [0.5, 0.6) is 0 Å². The molecule has 0 fully saturated rings. The molecular formula is C22H24N2. The first-order chi connectivity index (χ1) is 11.5. The maximum absolute atomic E-state index is 9.06. The third-order valence-electron chi connectivity index (χ3n) is 3.25. The minimum absolute atomic E-state index is 0.233. The first-order valence-corrected chi connectivity index (χ1v) is 8.03. The molecule has 0 aromatic heterocycles. The van der Waals surface area contributed by atoms with Gasteiger partial charge in [-0.25, -0.2) is 0 Å². The van der Waals surface area contributed by atoms with Gasteiger partial charge >= 0.3 is 0 Å². The molecule has 0 aliphatic carbocycles. The fraction of sp³-hybridized carbons (Fsp3) is 0.273. The molecule has 0 heterocycles. The molecule has 0 amide bonds. The van der Waals surface area contributed by atoms with Crippen molar-refractivity contribution in [2.75, 3.05) is 0 Å². The van der Waals surface area contributed by atoms with Gasteiger partial charge in [-0.1, -0.05) is 87.5 Å². The lowest BCUT2D eigenvalue weighted by atomic mass is 9.90. The van der Waals surface area contributed by atoms with E-state index in [1.54, 1.807) is 0 Å². The van der Waals surface area contributed by atoms with Gasteiger partial charge in [-0.2, -0.15) is 10.5 Å². The van der Waals surface area contributed by atoms with Gasteiger partial charge in [0.2, 0.25) is 0 Å². The summed E-state index contributed by atoms with van der Waals surface area (Å²) >= 11 is 0. The van der Waals surface area contributed by atoms with Crippen molar-refractivity contribution in [3.63, 3.8) is 0 Å². The highest BCUT2D eigenvalue weighted by Crippen LogP contribution is 2.22. The van der Waals surface area contributed by atoms with E-state index in [0.717, 1.165) is 23.1 Å². The molecule has 0 aliphatic heterocycles. The van der Waals surface area contributed by atoms with Gasteiger partial charge < -0.3 is 0 Å². The third kappa shape index (κ3) is 7.97. The van der Waals surface area contributed by atoms with Crippen molar-refractivity contribution in [2.45, 2.75) is 33.6 Å². The molecule has 2 aromatic rings. The highest BCUT2D eigenvalue weighted by atomic mass is 14.3. The summed E-state index contributed by atoms with van der Waals surface area (Å²) in [5, 5.41) is 17.3. The Kier molecular flexibility index (Phi) is 8.03. The van der Waals surface area contributed by atoms with Crippen LogP contribution in [0.25, 0.3) is 5.57 Å². The molecule has 0 aliphatic rings. The Bertz CT molecular complexity index is 709. The molecule has 122 valence electrons. The molecule has 2 heteroatoms. The molecule has 0 atom stereocenters. The molecule has 0 unspecified atom stereocenters. The van der Waals surface area contributed by atoms with Crippen LogP contribution in [0.4, 0.5) is 0 Å². The van der Waals surface area contributed by atoms with Gasteiger partial charge in [-0.3, -0.25) is 0 Å². The van der Waals surface area contributed by atoms with Crippen molar-refractivity contribution >= 4 is 5.57 Å². The van der Waals surface area contributed by atoms with Crippen LogP contribution >= 0.6 is 0 Å². The van der Waals surface area contributed by atoms with Crippen molar-refractivity contribution in [3.05, 3.63) is 77.9 Å². The minimum atomic E-state index is 0.233. The van der Waals surface area contributed by atoms with Gasteiger partial charge in [0.25, 0.3) is 0 Å². The summed E-state index contributed by atoms with van der Waals surface area (Å²) in [6, 6.07) is 23.9. The smallest absolute Gasteiger partial charge is 0.0994 e. The van der Waals surface area contributed by atoms with Gasteiger partial charge in [-0.05, 0) is 23.0 Å². The van der Waals surface area contributed by atoms with E-state index in [4.69, 9.17) is 10.5 Å². The number of hydrogen-bond acceptors (Lipinski definition) is 2. The zero-order chi connectivity index (χ0) is 17.8. The topological polar surface area (TPSA) is 47.6 Å². The monoisotopic (exact) mass is 316 g/mol. The summed E-state index contributed by atoms with van der Waals surface area (Å²) in [6.07, 6.45) is 3.46. The standard InChI is InChI=1S/C14H17N.C8H7N/c1-14(2,3)10-9-13(11-15)12-7-5-4-6-8-12;9-7-6-8-4-2-1-3-5-8/h4-9H,10H2,1-3H3;1-5H,6H2/b13-9+;. The van der Waals surface area contributed by atoms with Crippen molar-refractivity contribution < 1.29 is 0 Å². The summed E-state index contributed by atoms with van der Waals surface area (Å²) in [5.41, 5.74) is 3.09. The molecule has 0 saturated carbocycles. The quantitative estimate of drug-likeness (QED) is 0.673. The normalized spacial score (nSPS) is 10.8. The van der Waals surface area contributed by atoms with Crippen LogP contribution in [0.2, 0.25) is 0 Å². The van der Waals surface area contributed by atoms with Gasteiger partial charge in [-0.15, -0.1) is 0 Å². The second-order valence-corrected chi connectivity index (χ2v) is 6.68. The first-order valence-electron chi connectivity index (χ1n) is 8.03. The van der Waals surface area contributed by atoms with E-state index in [2.05, 4.69) is 32.9 Å². The fourth-order valence-electron chi connectivity index (χ4n) is 1.94. The van der Waals surface area contributed by atoms with Crippen LogP contribution in [-0.2, 0) is 6.42 Å². The second kappa shape index (κ2) is 10.0. The summed E-state index contributed by atoms with van der Waals surface area (Å²) in [7, 11) is 0. The molecule has 2 rings (SSSR count). The lowest BCUT2D eigenvalue weighted by molar-refractivity contribution is 0.421. The van der Waals surface area contributed by atoms with Crippen molar-refractivity contribution in [1.29, 1.82) is 10.5 Å². The average Bonchev–Trinajstić information content (AvgIpc) is 2.57. The van der Waals surface area contributed by atoms with Gasteiger partial charge in [0, 0.05) is 0 Å². The van der Waals surface area contributed by atoms with Crippen LogP contribution in [0.3, 0.4) is 0 Å². The third-order valence-corrected chi connectivity index (χ3v) is 3.25. The van der Waals surface area contributed by atoms with E-state index in [9.17, 15) is 0 Å². The minimum Gasteiger partial charge on any atom is -0.198 e. The van der Waals surface area contributed by atoms with Gasteiger partial charge in [0.15, 0.2) is 0 Å². The summed E-state index contributed by atoms with van der Waals surface area (Å²) in [4.78, 5) is 0. The van der Waals surface area contributed by atoms with Crippen LogP contribution < -0.4 is 0 Å². The molecule has 2 nitrogen and oxygen atoms in total. The van der Waals surface area contributed by atoms with Crippen LogP contribution in [0.15, 0.2) is 66.7 Å². The largest absolute Gasteiger partial charge is 0.198 e. The van der Waals surface area contributed by atoms with Crippen molar-refractivity contribution in [3.8, 4) is 12.1 Å². The SMILES string of the molecule is CC(C)(C)C/C=C(\C#N)c1ccccc1.N#CCc1ccccc1. The number of nitriles is 2. The second-order valence-electron chi connectivity index (χ2n) is 6.68. The van der Waals surface area contributed by atoms with Crippen LogP contribution in [0.1, 0.15) is 38.3 Å². The molecular weight excluding hydrogens is 292 g/mol. The Morgan fingerprint density at radius 3 is 1.92 bits per heavy atom. The molecule has 24 heavy (non-hydrogen) atoms. The molecule has 0 N–H and O–H groups in total. The van der Waals surface area contributed by atoms with Crippen LogP contribution in [0, 0.1) is 28.1 Å². The highest BCUT2D eigenvalue weighted by molar-refractivity contribution is 5.76. The Hall–Kier alpha value is -2.84. The van der Waals surface area contributed by atoms with E-state index in [0.29, 0.717) is 6.42 Å². The number of rotatable bonds is 3. The van der Waals surface area contributed by atoms with E-state index in [1.165, 1.54) is 0 Å². The zero-order valence-electron chi connectivity index (χ0n) is 14.7. The van der Waals surface area contributed by atoms with Gasteiger partial charge in [0.05, 0.1) is 24.1 Å². The predicted molar refractivity (Wildman–Crippen MR) is 99.9 cm³/mol. The highest BCUT2D eigenvalue weighted by Gasteiger charge is 2.09. The Labute approximate surface area is 145 Å². The lowest BCUT2D eigenvalue weighted by Crippen LogP contribution is -2.02. The van der Waals surface area contributed by atoms with E-state index in [1.807, 2.05) is 66.7 Å². The van der Waals surface area contributed by atoms with E-state index >= 15 is 0 Å². The first kappa shape index (κ1) is 19.2. The summed E-state index contributed by atoms with van der Waals surface area (Å²) < 4.78 is 0. The van der Waals surface area contributed by atoms with E-state index < -0.39 is 0 Å². The number of allylic oxidation sites excluding steroid dienone is 2. The average molecular weight is 316 g/mol. The van der Waals surface area contributed by atoms with Crippen LogP contribution in [-0.4, -0.2) is 0 Å². The number of hydrogen-bond donors (Lipinski definition) is 0. The van der Waals surface area contributed by atoms with Crippen molar-refractivity contribution in [2.24, 2.45) is 5.41 Å². The van der Waals surface area contributed by atoms with Crippen molar-refractivity contribution in [1.82, 2.24) is 0 Å². The predicted octanol–water partition coefficient (Wildman–Crippen LogP) is 5.78. The maximum Gasteiger partial charge on any atom is 0.0994 e. The number of benzene rings is 2. The molecule has 0 saturated heterocycles. The number of nitrogens with zero attached hydrogens (tertiary/aromatic N) is 2. The Balaban J connectivity index is 0.000000272.